The van der Waals surface area contributed by atoms with Gasteiger partial charge in [-0.2, -0.15) is 5.26 Å². The van der Waals surface area contributed by atoms with Gasteiger partial charge in [0.25, 0.3) is 11.5 Å². The molecule has 216 valence electrons. The standard InChI is InChI=1S/C30H34FN5O3S2/c1-3-4-11-35-27(34-14-12-33(13-15-34)22-9-7-21(31)8-10-22)24(20(2)25(18-32)28(35)37)17-26-29(38)36(30(40)41-26)19-23-6-5-16-39-23/h7-10,17,23H,3-6,11-16,19H2,1-2H3/b26-17-. The summed E-state index contributed by atoms with van der Waals surface area (Å²) in [5, 5.41) is 9.97. The van der Waals surface area contributed by atoms with E-state index in [4.69, 9.17) is 17.0 Å². The fourth-order valence-corrected chi connectivity index (χ4v) is 6.87. The Morgan fingerprint density at radius 1 is 1.17 bits per heavy atom. The van der Waals surface area contributed by atoms with E-state index in [0.29, 0.717) is 66.2 Å². The SMILES string of the molecule is CCCCn1c(N2CCN(c3ccc(F)cc3)CC2)c(/C=C2\SC(=S)N(CC3CCCO3)C2=O)c(C)c(C#N)c1=O. The molecule has 41 heavy (non-hydrogen) atoms. The third-order valence-corrected chi connectivity index (χ3v) is 9.29. The minimum Gasteiger partial charge on any atom is -0.376 e. The lowest BCUT2D eigenvalue weighted by atomic mass is 10.0. The van der Waals surface area contributed by atoms with Gasteiger partial charge >= 0.3 is 0 Å². The molecular weight excluding hydrogens is 561 g/mol. The lowest BCUT2D eigenvalue weighted by molar-refractivity contribution is -0.123. The second kappa shape index (κ2) is 12.8. The van der Waals surface area contributed by atoms with Gasteiger partial charge in [-0.15, -0.1) is 0 Å². The first-order valence-corrected chi connectivity index (χ1v) is 15.3. The first-order valence-electron chi connectivity index (χ1n) is 14.1. The molecule has 11 heteroatoms. The van der Waals surface area contributed by atoms with E-state index < -0.39 is 0 Å². The van der Waals surface area contributed by atoms with E-state index in [2.05, 4.69) is 22.8 Å². The summed E-state index contributed by atoms with van der Waals surface area (Å²) >= 11 is 6.83. The maximum absolute atomic E-state index is 13.6. The molecular formula is C30H34FN5O3S2. The average Bonchev–Trinajstić information content (AvgIpc) is 3.58. The van der Waals surface area contributed by atoms with E-state index in [1.807, 2.05) is 6.08 Å². The maximum atomic E-state index is 13.6. The van der Waals surface area contributed by atoms with Gasteiger partial charge in [-0.25, -0.2) is 4.39 Å². The molecule has 1 amide bonds. The first-order chi connectivity index (χ1) is 19.8. The van der Waals surface area contributed by atoms with Crippen LogP contribution in [0.1, 0.15) is 49.3 Å². The number of amides is 1. The van der Waals surface area contributed by atoms with Crippen molar-refractivity contribution in [3.63, 3.8) is 0 Å². The molecule has 1 unspecified atom stereocenters. The van der Waals surface area contributed by atoms with Crippen molar-refractivity contribution in [1.82, 2.24) is 9.47 Å². The zero-order valence-corrected chi connectivity index (χ0v) is 25.0. The molecule has 5 rings (SSSR count). The topological polar surface area (TPSA) is 81.8 Å². The van der Waals surface area contributed by atoms with Crippen LogP contribution in [-0.4, -0.2) is 65.1 Å². The van der Waals surface area contributed by atoms with Crippen molar-refractivity contribution in [1.29, 1.82) is 5.26 Å². The third-order valence-electron chi connectivity index (χ3n) is 7.91. The third kappa shape index (κ3) is 6.05. The van der Waals surface area contributed by atoms with Gasteiger partial charge in [-0.3, -0.25) is 19.1 Å². The van der Waals surface area contributed by atoms with Crippen LogP contribution in [0.5, 0.6) is 0 Å². The Labute approximate surface area is 249 Å². The Kier molecular flexibility index (Phi) is 9.12. The zero-order valence-electron chi connectivity index (χ0n) is 23.4. The van der Waals surface area contributed by atoms with Gasteiger partial charge in [0.2, 0.25) is 0 Å². The number of halogens is 1. The highest BCUT2D eigenvalue weighted by Crippen LogP contribution is 2.37. The Bertz CT molecular complexity index is 1450. The number of piperazine rings is 1. The van der Waals surface area contributed by atoms with Gasteiger partial charge in [-0.05, 0) is 62.1 Å². The minimum atomic E-state index is -0.308. The number of nitrogens with zero attached hydrogens (tertiary/aromatic N) is 5. The van der Waals surface area contributed by atoms with Crippen molar-refractivity contribution in [3.05, 3.63) is 62.0 Å². The number of aromatic nitrogens is 1. The summed E-state index contributed by atoms with van der Waals surface area (Å²) in [5.41, 5.74) is 1.99. The lowest BCUT2D eigenvalue weighted by Crippen LogP contribution is -2.48. The van der Waals surface area contributed by atoms with Crippen molar-refractivity contribution >= 4 is 51.8 Å². The van der Waals surface area contributed by atoms with E-state index in [1.165, 1.54) is 23.9 Å². The first kappa shape index (κ1) is 29.3. The lowest BCUT2D eigenvalue weighted by Gasteiger charge is -2.39. The van der Waals surface area contributed by atoms with Crippen LogP contribution in [0.4, 0.5) is 15.9 Å². The quantitative estimate of drug-likeness (QED) is 0.322. The summed E-state index contributed by atoms with van der Waals surface area (Å²) in [4.78, 5) is 33.6. The minimum absolute atomic E-state index is 0.0207. The molecule has 1 atom stereocenters. The summed E-state index contributed by atoms with van der Waals surface area (Å²) < 4.78 is 21.4. The molecule has 0 aliphatic carbocycles. The summed E-state index contributed by atoms with van der Waals surface area (Å²) in [6.45, 7) is 8.03. The highest BCUT2D eigenvalue weighted by atomic mass is 32.2. The second-order valence-corrected chi connectivity index (χ2v) is 12.2. The van der Waals surface area contributed by atoms with Crippen LogP contribution in [0.3, 0.4) is 0 Å². The Morgan fingerprint density at radius 3 is 2.51 bits per heavy atom. The number of hydrogen-bond donors (Lipinski definition) is 0. The largest absolute Gasteiger partial charge is 0.376 e. The van der Waals surface area contributed by atoms with E-state index in [9.17, 15) is 19.2 Å². The molecule has 0 N–H and O–H groups in total. The smallest absolute Gasteiger partial charge is 0.270 e. The summed E-state index contributed by atoms with van der Waals surface area (Å²) in [7, 11) is 0. The molecule has 3 aliphatic heterocycles. The van der Waals surface area contributed by atoms with Crippen molar-refractivity contribution in [2.45, 2.75) is 52.2 Å². The predicted molar refractivity (Wildman–Crippen MR) is 165 cm³/mol. The molecule has 0 bridgehead atoms. The number of anilines is 2. The van der Waals surface area contributed by atoms with Crippen LogP contribution < -0.4 is 15.4 Å². The molecule has 0 radical (unpaired) electrons. The number of rotatable bonds is 8. The number of pyridine rings is 1. The molecule has 0 spiro atoms. The number of carbonyl (C=O) groups is 1. The number of carbonyl (C=O) groups excluding carboxylic acids is 1. The van der Waals surface area contributed by atoms with Crippen molar-refractivity contribution in [2.75, 3.05) is 49.1 Å². The van der Waals surface area contributed by atoms with Crippen molar-refractivity contribution in [2.24, 2.45) is 0 Å². The van der Waals surface area contributed by atoms with Gasteiger partial charge in [0, 0.05) is 50.6 Å². The Balaban J connectivity index is 1.52. The molecule has 0 saturated carbocycles. The van der Waals surface area contributed by atoms with Crippen molar-refractivity contribution < 1.29 is 13.9 Å². The molecule has 2 aromatic rings. The summed E-state index contributed by atoms with van der Waals surface area (Å²) in [6.07, 6.45) is 5.33. The molecule has 8 nitrogen and oxygen atoms in total. The van der Waals surface area contributed by atoms with Gasteiger partial charge in [0.05, 0.1) is 17.6 Å². The monoisotopic (exact) mass is 595 g/mol. The van der Waals surface area contributed by atoms with Crippen LogP contribution in [0.15, 0.2) is 34.0 Å². The van der Waals surface area contributed by atoms with Gasteiger partial charge in [0.1, 0.15) is 27.6 Å². The number of ether oxygens (including phenoxy) is 1. The highest BCUT2D eigenvalue weighted by molar-refractivity contribution is 8.26. The van der Waals surface area contributed by atoms with Gasteiger partial charge < -0.3 is 14.5 Å². The number of hydrogen-bond acceptors (Lipinski definition) is 8. The fraction of sp³-hybridized carbons (Fsp3) is 0.467. The average molecular weight is 596 g/mol. The molecule has 1 aromatic heterocycles. The van der Waals surface area contributed by atoms with E-state index in [0.717, 1.165) is 37.2 Å². The van der Waals surface area contributed by atoms with Gasteiger partial charge in [0.15, 0.2) is 0 Å². The predicted octanol–water partition coefficient (Wildman–Crippen LogP) is 4.67. The van der Waals surface area contributed by atoms with Crippen molar-refractivity contribution in [3.8, 4) is 6.07 Å². The number of thiocarbonyl (C=S) groups is 1. The normalized spacial score (nSPS) is 20.4. The zero-order chi connectivity index (χ0) is 29.1. The number of nitriles is 1. The molecule has 4 heterocycles. The summed E-state index contributed by atoms with van der Waals surface area (Å²) in [6, 6.07) is 8.59. The van der Waals surface area contributed by atoms with Crippen LogP contribution in [0.25, 0.3) is 6.08 Å². The highest BCUT2D eigenvalue weighted by Gasteiger charge is 2.36. The number of unbranched alkanes of at least 4 members (excludes halogenated alkanes) is 1. The molecule has 3 aliphatic rings. The maximum Gasteiger partial charge on any atom is 0.270 e. The van der Waals surface area contributed by atoms with E-state index in [1.54, 1.807) is 28.5 Å². The van der Waals surface area contributed by atoms with Crippen LogP contribution in [0.2, 0.25) is 0 Å². The fourth-order valence-electron chi connectivity index (χ4n) is 5.62. The molecule has 3 saturated heterocycles. The summed E-state index contributed by atoms with van der Waals surface area (Å²) in [5.74, 6) is 0.279. The van der Waals surface area contributed by atoms with E-state index in [-0.39, 0.29) is 29.0 Å². The number of benzene rings is 1. The van der Waals surface area contributed by atoms with E-state index >= 15 is 0 Å². The molecule has 3 fully saturated rings. The molecule has 1 aromatic carbocycles. The van der Waals surface area contributed by atoms with Crippen LogP contribution in [-0.2, 0) is 16.1 Å². The Hall–Kier alpha value is -3.20. The Morgan fingerprint density at radius 2 is 1.88 bits per heavy atom. The second-order valence-electron chi connectivity index (χ2n) is 10.5. The number of thioether (sulfide) groups is 1. The van der Waals surface area contributed by atoms with Crippen LogP contribution >= 0.6 is 24.0 Å². The van der Waals surface area contributed by atoms with Crippen LogP contribution in [0, 0.1) is 24.1 Å². The van der Waals surface area contributed by atoms with Gasteiger partial charge in [-0.1, -0.05) is 37.3 Å².